The summed E-state index contributed by atoms with van der Waals surface area (Å²) in [5, 5.41) is 19.1. The van der Waals surface area contributed by atoms with E-state index in [-0.39, 0.29) is 0 Å². The van der Waals surface area contributed by atoms with Gasteiger partial charge in [-0.1, -0.05) is 134 Å². The van der Waals surface area contributed by atoms with Gasteiger partial charge in [-0.15, -0.1) is 0 Å². The lowest BCUT2D eigenvalue weighted by Gasteiger charge is -2.11. The number of unbranched alkanes of at least 4 members (excludes halogenated alkanes) is 30. The van der Waals surface area contributed by atoms with Crippen molar-refractivity contribution < 1.29 is 76.6 Å². The number of carbonyl (C=O) groups is 2. The number of fused-ring (bicyclic) bond motifs is 1. The third kappa shape index (κ3) is 49.8. The van der Waals surface area contributed by atoms with Gasteiger partial charge in [0.05, 0.1) is 24.3 Å². The van der Waals surface area contributed by atoms with Crippen LogP contribution in [0.2, 0.25) is 0 Å². The van der Waals surface area contributed by atoms with Gasteiger partial charge in [0.25, 0.3) is 0 Å². The van der Waals surface area contributed by atoms with Crippen LogP contribution >= 0.6 is 0 Å². The standard InChI is InChI=1S/C84H136O16/c85-54-21-1-3-23-56-89-58-25-5-7-27-60-91-62-29-9-11-31-64-93-66-33-13-15-35-68-95-70-37-17-19-39-72-97-78-49-45-76(46-50-78)83(87)99-80-53-44-75-42-41-43-82(81(75)74-80)100-84(88)77-47-51-79(52-48-77)98-73-40-20-18-38-71-96-69-36-16-14-34-67-94-65-32-12-10-30-63-92-61-28-8-6-26-59-90-57-24-4-2-22-55-86/h41-53,74,85-86H,1-40,54-73H2. The minimum atomic E-state index is -0.498. The fraction of sp³-hybridized carbons (Fsp3) is 0.714. The van der Waals surface area contributed by atoms with Crippen LogP contribution in [0.1, 0.15) is 278 Å². The molecule has 0 saturated carbocycles. The normalized spacial score (nSPS) is 11.5. The Balaban J connectivity index is 0.883. The number of ether oxygens (including phenoxy) is 12. The Labute approximate surface area is 604 Å². The summed E-state index contributed by atoms with van der Waals surface area (Å²) in [4.78, 5) is 26.6. The lowest BCUT2D eigenvalue weighted by molar-refractivity contribution is 0.0724. The van der Waals surface area contributed by atoms with E-state index in [4.69, 9.17) is 67.1 Å². The summed E-state index contributed by atoms with van der Waals surface area (Å²) in [5.41, 5.74) is 0.799. The van der Waals surface area contributed by atoms with Crippen LogP contribution < -0.4 is 18.9 Å². The first kappa shape index (κ1) is 87.7. The van der Waals surface area contributed by atoms with Gasteiger partial charge in [-0.2, -0.15) is 0 Å². The van der Waals surface area contributed by atoms with Crippen LogP contribution in [0, 0.1) is 0 Å². The molecule has 0 aliphatic carbocycles. The first-order valence-electron chi connectivity index (χ1n) is 39.8. The van der Waals surface area contributed by atoms with Gasteiger partial charge < -0.3 is 67.1 Å². The van der Waals surface area contributed by atoms with Gasteiger partial charge in [0.15, 0.2) is 0 Å². The zero-order valence-electron chi connectivity index (χ0n) is 62.1. The van der Waals surface area contributed by atoms with E-state index in [1.807, 2.05) is 18.2 Å². The molecule has 4 aromatic rings. The van der Waals surface area contributed by atoms with E-state index < -0.39 is 11.9 Å². The van der Waals surface area contributed by atoms with Crippen molar-refractivity contribution in [3.8, 4) is 23.0 Å². The van der Waals surface area contributed by atoms with Gasteiger partial charge in [-0.05, 0) is 213 Å². The van der Waals surface area contributed by atoms with E-state index in [2.05, 4.69) is 0 Å². The van der Waals surface area contributed by atoms with E-state index >= 15 is 0 Å². The number of esters is 2. The molecule has 0 spiro atoms. The molecular formula is C84H136O16. The summed E-state index contributed by atoms with van der Waals surface area (Å²) in [7, 11) is 0. The molecule has 0 aromatic heterocycles. The Kier molecular flexibility index (Phi) is 58.1. The predicted molar refractivity (Wildman–Crippen MR) is 403 cm³/mol. The Hall–Kier alpha value is -4.72. The minimum absolute atomic E-state index is 0.300. The van der Waals surface area contributed by atoms with Crippen molar-refractivity contribution in [3.63, 3.8) is 0 Å². The van der Waals surface area contributed by atoms with Crippen molar-refractivity contribution in [1.29, 1.82) is 0 Å². The average Bonchev–Trinajstić information content (AvgIpc) is 0.809. The SMILES string of the molecule is O=C(Oc1ccc2cccc(OC(=O)c3ccc(OCCCCCCOCCCCCCOCCCCCCOCCCCCCOCCCCCCO)cc3)c2c1)c1ccc(OCCCCCCOCCCCCCOCCCCCCOCCCCCCOCCCCCCO)cc1. The lowest BCUT2D eigenvalue weighted by Crippen LogP contribution is -2.09. The molecule has 0 amide bonds. The Bertz CT molecular complexity index is 2460. The summed E-state index contributed by atoms with van der Waals surface area (Å²) < 4.78 is 70.2. The number of hydrogen-bond donors (Lipinski definition) is 2. The first-order valence-corrected chi connectivity index (χ1v) is 39.8. The molecule has 0 aliphatic heterocycles. The van der Waals surface area contributed by atoms with Crippen LogP contribution in [0.3, 0.4) is 0 Å². The molecule has 0 heterocycles. The number of rotatable bonds is 74. The summed E-state index contributed by atoms with van der Waals surface area (Å²) in [6.45, 7) is 15.4. The van der Waals surface area contributed by atoms with Crippen LogP contribution in [0.4, 0.5) is 0 Å². The summed E-state index contributed by atoms with van der Waals surface area (Å²) in [6.07, 6.45) is 44.7. The van der Waals surface area contributed by atoms with E-state index in [0.29, 0.717) is 65.9 Å². The van der Waals surface area contributed by atoms with Gasteiger partial charge in [-0.3, -0.25) is 0 Å². The molecule has 0 bridgehead atoms. The third-order valence-electron chi connectivity index (χ3n) is 17.7. The maximum Gasteiger partial charge on any atom is 0.343 e. The van der Waals surface area contributed by atoms with Crippen LogP contribution in [-0.2, 0) is 37.9 Å². The summed E-state index contributed by atoms with van der Waals surface area (Å²) >= 11 is 0. The van der Waals surface area contributed by atoms with Crippen molar-refractivity contribution in [1.82, 2.24) is 0 Å². The highest BCUT2D eigenvalue weighted by Crippen LogP contribution is 2.31. The van der Waals surface area contributed by atoms with E-state index in [1.165, 1.54) is 77.0 Å². The Morgan fingerprint density at radius 3 is 0.750 bits per heavy atom. The summed E-state index contributed by atoms with van der Waals surface area (Å²) in [6, 6.07) is 24.8. The van der Waals surface area contributed by atoms with Gasteiger partial charge in [0, 0.05) is 124 Å². The van der Waals surface area contributed by atoms with Crippen molar-refractivity contribution in [2.24, 2.45) is 0 Å². The third-order valence-corrected chi connectivity index (χ3v) is 17.7. The van der Waals surface area contributed by atoms with Crippen molar-refractivity contribution in [2.75, 3.05) is 132 Å². The second-order valence-corrected chi connectivity index (χ2v) is 26.7. The van der Waals surface area contributed by atoms with Gasteiger partial charge in [-0.25, -0.2) is 9.59 Å². The molecule has 4 aromatic carbocycles. The molecule has 2 N–H and O–H groups in total. The van der Waals surface area contributed by atoms with Gasteiger partial charge >= 0.3 is 11.9 Å². The number of aliphatic hydroxyl groups excluding tert-OH is 2. The largest absolute Gasteiger partial charge is 0.494 e. The Morgan fingerprint density at radius 2 is 0.480 bits per heavy atom. The quantitative estimate of drug-likeness (QED) is 0.0241. The molecular weight excluding hydrogens is 1260 g/mol. The molecule has 0 aliphatic rings. The highest BCUT2D eigenvalue weighted by atomic mass is 16.5. The minimum Gasteiger partial charge on any atom is -0.494 e. The highest BCUT2D eigenvalue weighted by Gasteiger charge is 2.15. The van der Waals surface area contributed by atoms with Gasteiger partial charge in [0.1, 0.15) is 23.0 Å². The fourth-order valence-electron chi connectivity index (χ4n) is 11.5. The molecule has 0 fully saturated rings. The monoisotopic (exact) mass is 1400 g/mol. The zero-order valence-corrected chi connectivity index (χ0v) is 62.1. The van der Waals surface area contributed by atoms with Crippen molar-refractivity contribution in [3.05, 3.63) is 96.1 Å². The average molecular weight is 1400 g/mol. The molecule has 0 radical (unpaired) electrons. The lowest BCUT2D eigenvalue weighted by atomic mass is 10.1. The molecule has 4 rings (SSSR count). The number of hydrogen-bond acceptors (Lipinski definition) is 16. The van der Waals surface area contributed by atoms with E-state index in [1.54, 1.807) is 66.7 Å². The van der Waals surface area contributed by atoms with Gasteiger partial charge in [0.2, 0.25) is 0 Å². The second kappa shape index (κ2) is 66.2. The van der Waals surface area contributed by atoms with Crippen LogP contribution in [0.15, 0.2) is 84.9 Å². The van der Waals surface area contributed by atoms with Crippen LogP contribution in [-0.4, -0.2) is 154 Å². The molecule has 16 nitrogen and oxygen atoms in total. The number of benzene rings is 4. The first-order chi connectivity index (χ1) is 49.6. The van der Waals surface area contributed by atoms with Crippen molar-refractivity contribution in [2.45, 2.75) is 257 Å². The molecule has 100 heavy (non-hydrogen) atoms. The molecule has 568 valence electrons. The van der Waals surface area contributed by atoms with Crippen LogP contribution in [0.25, 0.3) is 10.8 Å². The summed E-state index contributed by atoms with van der Waals surface area (Å²) in [5.74, 6) is 1.11. The topological polar surface area (TPSA) is 185 Å². The van der Waals surface area contributed by atoms with Crippen LogP contribution in [0.5, 0.6) is 23.0 Å². The van der Waals surface area contributed by atoms with E-state index in [9.17, 15) is 9.59 Å². The fourth-order valence-corrected chi connectivity index (χ4v) is 11.5. The zero-order chi connectivity index (χ0) is 70.6. The Morgan fingerprint density at radius 1 is 0.240 bits per heavy atom. The number of carbonyl (C=O) groups excluding carboxylic acids is 2. The van der Waals surface area contributed by atoms with E-state index in [0.717, 1.165) is 291 Å². The van der Waals surface area contributed by atoms with Crippen molar-refractivity contribution >= 4 is 22.7 Å². The molecule has 0 saturated heterocycles. The smallest absolute Gasteiger partial charge is 0.343 e. The maximum atomic E-state index is 13.3. The molecule has 0 atom stereocenters. The molecule has 16 heteroatoms. The second-order valence-electron chi connectivity index (χ2n) is 26.7. The highest BCUT2D eigenvalue weighted by molar-refractivity contribution is 5.97. The predicted octanol–water partition coefficient (Wildman–Crippen LogP) is 19.8. The number of aliphatic hydroxyl groups is 2. The maximum absolute atomic E-state index is 13.3. The molecule has 0 unspecified atom stereocenters.